The van der Waals surface area contributed by atoms with Crippen LogP contribution in [0.5, 0.6) is 0 Å². The fraction of sp³-hybridized carbons (Fsp3) is 0. The normalized spacial score (nSPS) is 10.8. The van der Waals surface area contributed by atoms with Gasteiger partial charge >= 0.3 is 0 Å². The molecule has 0 unspecified atom stereocenters. The van der Waals surface area contributed by atoms with Crippen LogP contribution in [0.15, 0.2) is 36.5 Å². The van der Waals surface area contributed by atoms with Gasteiger partial charge in [-0.1, -0.05) is 12.1 Å². The van der Waals surface area contributed by atoms with Crippen LogP contribution in [0.25, 0.3) is 17.0 Å². The summed E-state index contributed by atoms with van der Waals surface area (Å²) in [5.41, 5.74) is 6.22. The molecular weight excluding hydrogens is 247 g/mol. The van der Waals surface area contributed by atoms with Crippen LogP contribution in [-0.4, -0.2) is 20.5 Å². The number of hydrogen-bond acceptors (Lipinski definition) is 3. The Bertz CT molecular complexity index is 781. The molecule has 2 N–H and O–H groups in total. The number of nitrogens with two attached hydrogens (primary N) is 1. The van der Waals surface area contributed by atoms with Crippen molar-refractivity contribution in [1.29, 1.82) is 0 Å². The number of pyridine rings is 1. The van der Waals surface area contributed by atoms with E-state index in [9.17, 15) is 9.18 Å². The number of carbonyl (C=O) groups is 1. The quantitative estimate of drug-likeness (QED) is 0.752. The predicted molar refractivity (Wildman–Crippen MR) is 65.7 cm³/mol. The number of halogens is 1. The van der Waals surface area contributed by atoms with Crippen molar-refractivity contribution < 1.29 is 9.18 Å². The Kier molecular flexibility index (Phi) is 2.49. The van der Waals surface area contributed by atoms with Gasteiger partial charge in [0.1, 0.15) is 5.82 Å². The van der Waals surface area contributed by atoms with Gasteiger partial charge in [-0.05, 0) is 18.2 Å². The highest BCUT2D eigenvalue weighted by atomic mass is 19.1. The van der Waals surface area contributed by atoms with E-state index >= 15 is 0 Å². The minimum Gasteiger partial charge on any atom is -0.365 e. The third kappa shape index (κ3) is 1.93. The van der Waals surface area contributed by atoms with E-state index in [1.807, 2.05) is 0 Å². The number of rotatable bonds is 2. The van der Waals surface area contributed by atoms with Gasteiger partial charge in [0.05, 0.1) is 5.56 Å². The lowest BCUT2D eigenvalue weighted by molar-refractivity contribution is 0.100. The molecule has 0 saturated carbocycles. The second kappa shape index (κ2) is 4.16. The maximum Gasteiger partial charge on any atom is 0.253 e. The van der Waals surface area contributed by atoms with E-state index in [4.69, 9.17) is 5.73 Å². The molecular formula is C13H8FN4O. The molecule has 3 aromatic rings. The predicted octanol–water partition coefficient (Wildman–Crippen LogP) is 1.43. The SMILES string of the molecule is NC(=O)c1[c]ccn2nc(-c3cccc(F)c3)nc12. The molecule has 0 bridgehead atoms. The van der Waals surface area contributed by atoms with Crippen LogP contribution in [0.2, 0.25) is 0 Å². The van der Waals surface area contributed by atoms with E-state index in [0.717, 1.165) is 0 Å². The second-order valence-corrected chi connectivity index (χ2v) is 3.91. The minimum absolute atomic E-state index is 0.151. The standard InChI is InChI=1S/C13H8FN4O/c14-9-4-1-3-8(7-9)12-16-13-10(11(15)19)5-2-6-18(13)17-12/h1-4,6-7H,(H2,15,19). The highest BCUT2D eigenvalue weighted by Crippen LogP contribution is 2.18. The Morgan fingerprint density at radius 3 is 3.00 bits per heavy atom. The third-order valence-electron chi connectivity index (χ3n) is 2.63. The van der Waals surface area contributed by atoms with Gasteiger partial charge in [-0.3, -0.25) is 4.79 Å². The van der Waals surface area contributed by atoms with Gasteiger partial charge in [-0.15, -0.1) is 5.10 Å². The molecule has 19 heavy (non-hydrogen) atoms. The molecule has 5 nitrogen and oxygen atoms in total. The lowest BCUT2D eigenvalue weighted by Gasteiger charge is -1.94. The van der Waals surface area contributed by atoms with Crippen molar-refractivity contribution in [3.8, 4) is 11.4 Å². The molecule has 1 aromatic carbocycles. The van der Waals surface area contributed by atoms with Gasteiger partial charge in [0.25, 0.3) is 5.91 Å². The molecule has 2 heterocycles. The topological polar surface area (TPSA) is 73.3 Å². The van der Waals surface area contributed by atoms with Crippen molar-refractivity contribution in [3.63, 3.8) is 0 Å². The minimum atomic E-state index is -0.635. The van der Waals surface area contributed by atoms with Crippen molar-refractivity contribution in [2.24, 2.45) is 5.73 Å². The fourth-order valence-corrected chi connectivity index (χ4v) is 1.78. The van der Waals surface area contributed by atoms with Gasteiger partial charge in [-0.25, -0.2) is 13.9 Å². The molecule has 0 spiro atoms. The molecule has 0 fully saturated rings. The lowest BCUT2D eigenvalue weighted by atomic mass is 10.2. The Morgan fingerprint density at radius 2 is 2.26 bits per heavy atom. The number of primary amides is 1. The summed E-state index contributed by atoms with van der Waals surface area (Å²) in [6.45, 7) is 0. The van der Waals surface area contributed by atoms with E-state index in [-0.39, 0.29) is 11.4 Å². The Balaban J connectivity index is 2.22. The average molecular weight is 255 g/mol. The number of carbonyl (C=O) groups excluding carboxylic acids is 1. The first-order valence-corrected chi connectivity index (χ1v) is 5.48. The monoisotopic (exact) mass is 255 g/mol. The number of amides is 1. The van der Waals surface area contributed by atoms with E-state index in [1.165, 1.54) is 22.7 Å². The second-order valence-electron chi connectivity index (χ2n) is 3.91. The Labute approximate surface area is 107 Å². The number of fused-ring (bicyclic) bond motifs is 1. The number of nitrogens with zero attached hydrogens (tertiary/aromatic N) is 3. The zero-order valence-corrected chi connectivity index (χ0v) is 9.67. The van der Waals surface area contributed by atoms with Gasteiger partial charge < -0.3 is 5.73 Å². The maximum atomic E-state index is 13.2. The molecule has 0 atom stereocenters. The van der Waals surface area contributed by atoms with Gasteiger partial charge in [0.15, 0.2) is 11.5 Å². The molecule has 93 valence electrons. The molecule has 0 aliphatic carbocycles. The molecule has 2 aromatic heterocycles. The molecule has 0 aliphatic rings. The smallest absolute Gasteiger partial charge is 0.253 e. The molecule has 6 heteroatoms. The first-order chi connectivity index (χ1) is 9.15. The zero-order chi connectivity index (χ0) is 13.4. The van der Waals surface area contributed by atoms with Gasteiger partial charge in [0.2, 0.25) is 0 Å². The largest absolute Gasteiger partial charge is 0.365 e. The van der Waals surface area contributed by atoms with E-state index < -0.39 is 5.91 Å². The Morgan fingerprint density at radius 1 is 1.42 bits per heavy atom. The summed E-state index contributed by atoms with van der Waals surface area (Å²) in [7, 11) is 0. The molecule has 0 aliphatic heterocycles. The van der Waals surface area contributed by atoms with Crippen molar-refractivity contribution >= 4 is 11.6 Å². The van der Waals surface area contributed by atoms with Crippen LogP contribution in [0.3, 0.4) is 0 Å². The number of hydrogen-bond donors (Lipinski definition) is 1. The number of benzene rings is 1. The average Bonchev–Trinajstić information content (AvgIpc) is 2.82. The molecule has 1 amide bonds. The van der Waals surface area contributed by atoms with Crippen molar-refractivity contribution in [2.45, 2.75) is 0 Å². The van der Waals surface area contributed by atoms with Crippen molar-refractivity contribution in [3.05, 3.63) is 54.0 Å². The van der Waals surface area contributed by atoms with E-state index in [2.05, 4.69) is 16.1 Å². The Hall–Kier alpha value is -2.76. The van der Waals surface area contributed by atoms with Crippen LogP contribution >= 0.6 is 0 Å². The van der Waals surface area contributed by atoms with Crippen molar-refractivity contribution in [1.82, 2.24) is 14.6 Å². The molecule has 3 rings (SSSR count). The first kappa shape index (κ1) is 11.3. The fourth-order valence-electron chi connectivity index (χ4n) is 1.78. The summed E-state index contributed by atoms with van der Waals surface area (Å²) >= 11 is 0. The van der Waals surface area contributed by atoms with Crippen LogP contribution in [0.1, 0.15) is 10.4 Å². The van der Waals surface area contributed by atoms with Crippen molar-refractivity contribution in [2.75, 3.05) is 0 Å². The zero-order valence-electron chi connectivity index (χ0n) is 9.67. The van der Waals surface area contributed by atoms with E-state index in [1.54, 1.807) is 18.3 Å². The summed E-state index contributed by atoms with van der Waals surface area (Å²) in [5, 5.41) is 4.18. The van der Waals surface area contributed by atoms with Crippen LogP contribution in [0.4, 0.5) is 4.39 Å². The summed E-state index contributed by atoms with van der Waals surface area (Å²) < 4.78 is 14.6. The molecule has 0 saturated heterocycles. The first-order valence-electron chi connectivity index (χ1n) is 5.48. The highest BCUT2D eigenvalue weighted by Gasteiger charge is 2.13. The summed E-state index contributed by atoms with van der Waals surface area (Å²) in [6, 6.07) is 10.2. The van der Waals surface area contributed by atoms with Gasteiger partial charge in [0, 0.05) is 17.8 Å². The number of aromatic nitrogens is 3. The highest BCUT2D eigenvalue weighted by molar-refractivity contribution is 5.98. The van der Waals surface area contributed by atoms with Gasteiger partial charge in [-0.2, -0.15) is 0 Å². The maximum absolute atomic E-state index is 13.2. The van der Waals surface area contributed by atoms with Crippen LogP contribution in [0, 0.1) is 11.9 Å². The summed E-state index contributed by atoms with van der Waals surface area (Å²) in [4.78, 5) is 15.5. The summed E-state index contributed by atoms with van der Waals surface area (Å²) in [5.74, 6) is -0.691. The third-order valence-corrected chi connectivity index (χ3v) is 2.63. The van der Waals surface area contributed by atoms with Crippen LogP contribution < -0.4 is 5.73 Å². The van der Waals surface area contributed by atoms with E-state index in [0.29, 0.717) is 17.0 Å². The molecule has 1 radical (unpaired) electrons. The summed E-state index contributed by atoms with van der Waals surface area (Å²) in [6.07, 6.45) is 1.59. The van der Waals surface area contributed by atoms with Crippen LogP contribution in [-0.2, 0) is 0 Å². The lowest BCUT2D eigenvalue weighted by Crippen LogP contribution is -2.12.